The number of methoxy groups -OCH3 is 2. The second-order valence-electron chi connectivity index (χ2n) is 8.74. The number of carbonyl (C=O) groups is 1. The van der Waals surface area contributed by atoms with Crippen molar-refractivity contribution in [2.75, 3.05) is 14.2 Å². The molecule has 1 aromatic heterocycles. The molecular formula is C23H23NO5. The highest BCUT2D eigenvalue weighted by Gasteiger charge is 2.62. The molecule has 6 heteroatoms. The van der Waals surface area contributed by atoms with E-state index in [1.807, 2.05) is 0 Å². The number of rotatable bonds is 3. The van der Waals surface area contributed by atoms with Crippen LogP contribution in [0.15, 0.2) is 30.4 Å². The van der Waals surface area contributed by atoms with E-state index >= 15 is 0 Å². The fourth-order valence-electron chi connectivity index (χ4n) is 6.89. The Morgan fingerprint density at radius 1 is 1.00 bits per heavy atom. The van der Waals surface area contributed by atoms with E-state index in [4.69, 9.17) is 9.47 Å². The molecule has 0 saturated heterocycles. The zero-order valence-electron chi connectivity index (χ0n) is 16.3. The highest BCUT2D eigenvalue weighted by atomic mass is 16.5. The minimum Gasteiger partial charge on any atom is -0.495 e. The Bertz CT molecular complexity index is 1040. The molecule has 4 aliphatic rings. The third-order valence-electron chi connectivity index (χ3n) is 7.80. The van der Waals surface area contributed by atoms with Crippen LogP contribution in [0, 0.1) is 23.7 Å². The summed E-state index contributed by atoms with van der Waals surface area (Å²) in [6.45, 7) is 0. The Balaban J connectivity index is 1.52. The maximum atomic E-state index is 12.0. The number of esters is 1. The molecule has 6 nitrogen and oxygen atoms in total. The number of hydrogen-bond acceptors (Lipinski definition) is 5. The maximum absolute atomic E-state index is 12.0. The first kappa shape index (κ1) is 17.0. The second kappa shape index (κ2) is 5.59. The van der Waals surface area contributed by atoms with Crippen molar-refractivity contribution in [1.29, 1.82) is 0 Å². The minimum atomic E-state index is -0.482. The van der Waals surface area contributed by atoms with Crippen LogP contribution >= 0.6 is 0 Å². The number of fused-ring (bicyclic) bond motifs is 12. The van der Waals surface area contributed by atoms with Gasteiger partial charge in [0.2, 0.25) is 11.8 Å². The Morgan fingerprint density at radius 2 is 1.62 bits per heavy atom. The lowest BCUT2D eigenvalue weighted by atomic mass is 9.72. The van der Waals surface area contributed by atoms with Gasteiger partial charge in [0, 0.05) is 11.1 Å². The third-order valence-corrected chi connectivity index (χ3v) is 7.80. The average molecular weight is 393 g/mol. The van der Waals surface area contributed by atoms with Gasteiger partial charge >= 0.3 is 5.97 Å². The van der Waals surface area contributed by atoms with Gasteiger partial charge in [0.05, 0.1) is 25.5 Å². The Kier molecular flexibility index (Phi) is 3.28. The SMILES string of the molecule is COC(=O)c1ccc(OC)c(-n2c(O)c3c(c2O)C2CC3C3C4C=CC(C4)C23)c1. The van der Waals surface area contributed by atoms with Crippen molar-refractivity contribution in [3.63, 3.8) is 0 Å². The Morgan fingerprint density at radius 3 is 2.17 bits per heavy atom. The lowest BCUT2D eigenvalue weighted by Gasteiger charge is -2.31. The molecule has 6 atom stereocenters. The molecule has 1 aromatic carbocycles. The number of hydrogen-bond donors (Lipinski definition) is 2. The summed E-state index contributed by atoms with van der Waals surface area (Å²) in [7, 11) is 2.85. The summed E-state index contributed by atoms with van der Waals surface area (Å²) in [5.74, 6) is 2.98. The van der Waals surface area contributed by atoms with Crippen LogP contribution in [0.4, 0.5) is 0 Å². The molecule has 4 bridgehead atoms. The van der Waals surface area contributed by atoms with Crippen LogP contribution in [0.1, 0.15) is 46.2 Å². The largest absolute Gasteiger partial charge is 0.495 e. The molecule has 29 heavy (non-hydrogen) atoms. The third kappa shape index (κ3) is 1.94. The van der Waals surface area contributed by atoms with Gasteiger partial charge in [-0.3, -0.25) is 0 Å². The van der Waals surface area contributed by atoms with E-state index in [-0.39, 0.29) is 23.6 Å². The number of allylic oxidation sites excluding steroid dienone is 2. The van der Waals surface area contributed by atoms with Gasteiger partial charge in [0.25, 0.3) is 0 Å². The van der Waals surface area contributed by atoms with Crippen LogP contribution in [0.25, 0.3) is 5.69 Å². The van der Waals surface area contributed by atoms with Crippen molar-refractivity contribution in [3.8, 4) is 23.2 Å². The number of aromatic hydroxyl groups is 2. The first-order valence-electron chi connectivity index (χ1n) is 10.2. The van der Waals surface area contributed by atoms with Crippen molar-refractivity contribution in [3.05, 3.63) is 47.0 Å². The maximum Gasteiger partial charge on any atom is 0.337 e. The van der Waals surface area contributed by atoms with Gasteiger partial charge in [-0.15, -0.1) is 0 Å². The molecule has 6 unspecified atom stereocenters. The molecule has 6 rings (SSSR count). The normalized spacial score (nSPS) is 32.5. The summed E-state index contributed by atoms with van der Waals surface area (Å²) in [5, 5.41) is 22.4. The lowest BCUT2D eigenvalue weighted by molar-refractivity contribution is 0.0600. The van der Waals surface area contributed by atoms with E-state index in [2.05, 4.69) is 12.2 Å². The molecule has 1 heterocycles. The zero-order valence-corrected chi connectivity index (χ0v) is 16.3. The number of aromatic nitrogens is 1. The molecule has 0 spiro atoms. The van der Waals surface area contributed by atoms with E-state index in [1.54, 1.807) is 18.2 Å². The summed E-state index contributed by atoms with van der Waals surface area (Å²) in [6, 6.07) is 4.85. The van der Waals surface area contributed by atoms with Gasteiger partial charge in [-0.2, -0.15) is 0 Å². The molecule has 2 fully saturated rings. The molecule has 4 aliphatic carbocycles. The number of nitrogens with zero attached hydrogens (tertiary/aromatic N) is 1. The van der Waals surface area contributed by atoms with Gasteiger partial charge in [0.1, 0.15) is 5.75 Å². The fourth-order valence-corrected chi connectivity index (χ4v) is 6.89. The summed E-state index contributed by atoms with van der Waals surface area (Å²) in [5.41, 5.74) is 2.55. The molecule has 0 amide bonds. The number of carbonyl (C=O) groups excluding carboxylic acids is 1. The summed E-state index contributed by atoms with van der Waals surface area (Å²) < 4.78 is 11.7. The highest BCUT2D eigenvalue weighted by Crippen LogP contribution is 2.72. The van der Waals surface area contributed by atoms with Crippen LogP contribution in [-0.2, 0) is 4.74 Å². The first-order chi connectivity index (χ1) is 14.0. The summed E-state index contributed by atoms with van der Waals surface area (Å²) in [4.78, 5) is 12.0. The van der Waals surface area contributed by atoms with Crippen molar-refractivity contribution < 1.29 is 24.5 Å². The zero-order chi connectivity index (χ0) is 20.0. The van der Waals surface area contributed by atoms with E-state index in [1.165, 1.54) is 25.2 Å². The first-order valence-corrected chi connectivity index (χ1v) is 10.2. The molecule has 0 radical (unpaired) electrons. The average Bonchev–Trinajstić information content (AvgIpc) is 3.53. The van der Waals surface area contributed by atoms with Crippen molar-refractivity contribution >= 4 is 5.97 Å². The van der Waals surface area contributed by atoms with Crippen LogP contribution in [-0.4, -0.2) is 35.0 Å². The smallest absolute Gasteiger partial charge is 0.337 e. The summed E-state index contributed by atoms with van der Waals surface area (Å²) in [6.07, 6.45) is 6.92. The standard InChI is InChI=1S/C23H23NO5/c1-28-16-6-5-12(23(27)29-2)8-15(16)24-21(25)19-13-9-14(20(19)22(24)26)18-11-4-3-10(7-11)17(13)18/h3-6,8,10-11,13-14,17-18,25-26H,7,9H2,1-2H3. The Hall–Kier alpha value is -2.89. The molecular weight excluding hydrogens is 370 g/mol. The van der Waals surface area contributed by atoms with E-state index in [0.29, 0.717) is 40.7 Å². The number of ether oxygens (including phenoxy) is 2. The van der Waals surface area contributed by atoms with Gasteiger partial charge in [0.15, 0.2) is 0 Å². The quantitative estimate of drug-likeness (QED) is 0.472. The van der Waals surface area contributed by atoms with E-state index in [0.717, 1.165) is 17.5 Å². The van der Waals surface area contributed by atoms with Crippen LogP contribution in [0.3, 0.4) is 0 Å². The molecule has 2 N–H and O–H groups in total. The van der Waals surface area contributed by atoms with Crippen molar-refractivity contribution in [1.82, 2.24) is 4.57 Å². The predicted octanol–water partition coefficient (Wildman–Crippen LogP) is 3.71. The van der Waals surface area contributed by atoms with Gasteiger partial charge in [-0.1, -0.05) is 12.2 Å². The van der Waals surface area contributed by atoms with Crippen molar-refractivity contribution in [2.24, 2.45) is 23.7 Å². The van der Waals surface area contributed by atoms with Crippen LogP contribution in [0.2, 0.25) is 0 Å². The second-order valence-corrected chi connectivity index (χ2v) is 8.74. The fraction of sp³-hybridized carbons (Fsp3) is 0.435. The topological polar surface area (TPSA) is 80.9 Å². The van der Waals surface area contributed by atoms with E-state index < -0.39 is 5.97 Å². The lowest BCUT2D eigenvalue weighted by Crippen LogP contribution is -2.24. The highest BCUT2D eigenvalue weighted by molar-refractivity contribution is 5.90. The molecule has 2 saturated carbocycles. The van der Waals surface area contributed by atoms with Gasteiger partial charge in [-0.25, -0.2) is 9.36 Å². The molecule has 150 valence electrons. The van der Waals surface area contributed by atoms with Crippen molar-refractivity contribution in [2.45, 2.75) is 24.7 Å². The van der Waals surface area contributed by atoms with Crippen LogP contribution in [0.5, 0.6) is 17.5 Å². The minimum absolute atomic E-state index is 0.0653. The predicted molar refractivity (Wildman–Crippen MR) is 105 cm³/mol. The van der Waals surface area contributed by atoms with Crippen LogP contribution < -0.4 is 4.74 Å². The van der Waals surface area contributed by atoms with Gasteiger partial charge < -0.3 is 19.7 Å². The molecule has 0 aliphatic heterocycles. The Labute approximate surface area is 168 Å². The van der Waals surface area contributed by atoms with E-state index in [9.17, 15) is 15.0 Å². The molecule has 2 aromatic rings. The summed E-state index contributed by atoms with van der Waals surface area (Å²) >= 11 is 0. The van der Waals surface area contributed by atoms with Gasteiger partial charge in [-0.05, 0) is 66.5 Å². The monoisotopic (exact) mass is 393 g/mol. The number of benzene rings is 1.